The van der Waals surface area contributed by atoms with Crippen molar-refractivity contribution in [1.82, 2.24) is 15.0 Å². The number of nitrogens with one attached hydrogen (secondary N) is 1. The van der Waals surface area contributed by atoms with Crippen molar-refractivity contribution in [2.45, 2.75) is 19.3 Å². The van der Waals surface area contributed by atoms with Crippen LogP contribution >= 0.6 is 0 Å². The second-order valence-corrected chi connectivity index (χ2v) is 6.30. The quantitative estimate of drug-likeness (QED) is 0.600. The SMILES string of the molecule is CN(CCc1ccncc1)c1cc(NCCCc2ccccc2)ncn1. The summed E-state index contributed by atoms with van der Waals surface area (Å²) in [6.07, 6.45) is 8.38. The first-order valence-electron chi connectivity index (χ1n) is 9.01. The van der Waals surface area contributed by atoms with Crippen LogP contribution in [0.3, 0.4) is 0 Å². The van der Waals surface area contributed by atoms with Crippen molar-refractivity contribution in [3.63, 3.8) is 0 Å². The zero-order valence-corrected chi connectivity index (χ0v) is 15.2. The minimum absolute atomic E-state index is 0.874. The summed E-state index contributed by atoms with van der Waals surface area (Å²) in [5.74, 6) is 1.80. The van der Waals surface area contributed by atoms with Gasteiger partial charge < -0.3 is 10.2 Å². The molecule has 0 unspecified atom stereocenters. The van der Waals surface area contributed by atoms with E-state index in [-0.39, 0.29) is 0 Å². The Hall–Kier alpha value is -2.95. The Morgan fingerprint density at radius 3 is 2.50 bits per heavy atom. The molecule has 5 heteroatoms. The molecule has 0 atom stereocenters. The van der Waals surface area contributed by atoms with E-state index in [0.29, 0.717) is 0 Å². The highest BCUT2D eigenvalue weighted by molar-refractivity contribution is 5.48. The topological polar surface area (TPSA) is 53.9 Å². The number of benzene rings is 1. The van der Waals surface area contributed by atoms with Crippen molar-refractivity contribution >= 4 is 11.6 Å². The number of hydrogen-bond donors (Lipinski definition) is 1. The first-order chi connectivity index (χ1) is 12.8. The van der Waals surface area contributed by atoms with Gasteiger partial charge in [0, 0.05) is 38.6 Å². The van der Waals surface area contributed by atoms with Gasteiger partial charge in [0.05, 0.1) is 0 Å². The predicted molar refractivity (Wildman–Crippen MR) is 106 cm³/mol. The summed E-state index contributed by atoms with van der Waals surface area (Å²) in [7, 11) is 2.06. The van der Waals surface area contributed by atoms with E-state index in [4.69, 9.17) is 0 Å². The maximum Gasteiger partial charge on any atom is 0.133 e. The van der Waals surface area contributed by atoms with Crippen molar-refractivity contribution in [2.24, 2.45) is 0 Å². The van der Waals surface area contributed by atoms with Gasteiger partial charge in [0.25, 0.3) is 0 Å². The van der Waals surface area contributed by atoms with E-state index in [1.54, 1.807) is 6.33 Å². The smallest absolute Gasteiger partial charge is 0.133 e. The van der Waals surface area contributed by atoms with Gasteiger partial charge in [-0.1, -0.05) is 30.3 Å². The maximum atomic E-state index is 4.39. The molecule has 1 N–H and O–H groups in total. The molecule has 0 aliphatic rings. The zero-order chi connectivity index (χ0) is 18.0. The van der Waals surface area contributed by atoms with E-state index in [9.17, 15) is 0 Å². The second kappa shape index (κ2) is 9.51. The van der Waals surface area contributed by atoms with Crippen molar-refractivity contribution in [1.29, 1.82) is 0 Å². The highest BCUT2D eigenvalue weighted by atomic mass is 15.2. The molecule has 2 aromatic heterocycles. The van der Waals surface area contributed by atoms with E-state index in [0.717, 1.165) is 44.0 Å². The summed E-state index contributed by atoms with van der Waals surface area (Å²) in [4.78, 5) is 14.9. The average Bonchev–Trinajstić information content (AvgIpc) is 2.71. The number of nitrogens with zero attached hydrogens (tertiary/aromatic N) is 4. The van der Waals surface area contributed by atoms with Crippen LogP contribution in [0.4, 0.5) is 11.6 Å². The molecule has 134 valence electrons. The molecule has 3 aromatic rings. The molecule has 3 rings (SSSR count). The number of likely N-dealkylation sites (N-methyl/N-ethyl adjacent to an activating group) is 1. The molecule has 0 saturated carbocycles. The van der Waals surface area contributed by atoms with Gasteiger partial charge in [-0.15, -0.1) is 0 Å². The first-order valence-corrected chi connectivity index (χ1v) is 9.01. The van der Waals surface area contributed by atoms with Crippen LogP contribution in [0.2, 0.25) is 0 Å². The third-order valence-corrected chi connectivity index (χ3v) is 4.32. The average molecular weight is 347 g/mol. The van der Waals surface area contributed by atoms with Crippen molar-refractivity contribution < 1.29 is 0 Å². The van der Waals surface area contributed by atoms with Crippen LogP contribution in [0.5, 0.6) is 0 Å². The second-order valence-electron chi connectivity index (χ2n) is 6.30. The van der Waals surface area contributed by atoms with Gasteiger partial charge in [-0.25, -0.2) is 9.97 Å². The summed E-state index contributed by atoms with van der Waals surface area (Å²) >= 11 is 0. The Balaban J connectivity index is 1.46. The van der Waals surface area contributed by atoms with Crippen LogP contribution in [0.1, 0.15) is 17.5 Å². The first kappa shape index (κ1) is 17.9. The number of anilines is 2. The van der Waals surface area contributed by atoms with Gasteiger partial charge >= 0.3 is 0 Å². The van der Waals surface area contributed by atoms with Gasteiger partial charge in [0.1, 0.15) is 18.0 Å². The molecule has 0 saturated heterocycles. The molecule has 1 aromatic carbocycles. The van der Waals surface area contributed by atoms with Crippen LogP contribution in [0, 0.1) is 0 Å². The molecule has 0 fully saturated rings. The highest BCUT2D eigenvalue weighted by Gasteiger charge is 2.05. The van der Waals surface area contributed by atoms with E-state index >= 15 is 0 Å². The Bertz CT molecular complexity index is 777. The molecular formula is C21H25N5. The lowest BCUT2D eigenvalue weighted by Crippen LogP contribution is -2.21. The summed E-state index contributed by atoms with van der Waals surface area (Å²) in [5.41, 5.74) is 2.65. The summed E-state index contributed by atoms with van der Waals surface area (Å²) in [6.45, 7) is 1.79. The van der Waals surface area contributed by atoms with Crippen molar-refractivity contribution in [3.05, 3.63) is 78.4 Å². The molecule has 0 bridgehead atoms. The lowest BCUT2D eigenvalue weighted by Gasteiger charge is -2.18. The highest BCUT2D eigenvalue weighted by Crippen LogP contribution is 2.13. The van der Waals surface area contributed by atoms with Crippen LogP contribution in [-0.4, -0.2) is 35.1 Å². The fourth-order valence-corrected chi connectivity index (χ4v) is 2.77. The van der Waals surface area contributed by atoms with Gasteiger partial charge in [-0.3, -0.25) is 4.98 Å². The zero-order valence-electron chi connectivity index (χ0n) is 15.2. The van der Waals surface area contributed by atoms with Gasteiger partial charge in [-0.2, -0.15) is 0 Å². The molecule has 5 nitrogen and oxygen atoms in total. The Kier molecular flexibility index (Phi) is 6.53. The Labute approximate surface area is 155 Å². The lowest BCUT2D eigenvalue weighted by molar-refractivity contribution is 0.845. The van der Waals surface area contributed by atoms with Crippen LogP contribution < -0.4 is 10.2 Å². The van der Waals surface area contributed by atoms with E-state index < -0.39 is 0 Å². The van der Waals surface area contributed by atoms with Gasteiger partial charge in [-0.05, 0) is 42.5 Å². The Morgan fingerprint density at radius 2 is 1.69 bits per heavy atom. The minimum Gasteiger partial charge on any atom is -0.370 e. The van der Waals surface area contributed by atoms with Gasteiger partial charge in [0.15, 0.2) is 0 Å². The fraction of sp³-hybridized carbons (Fsp3) is 0.286. The van der Waals surface area contributed by atoms with Crippen molar-refractivity contribution in [3.8, 4) is 0 Å². The third kappa shape index (κ3) is 5.55. The molecular weight excluding hydrogens is 322 g/mol. The summed E-state index contributed by atoms with van der Waals surface area (Å²) in [6, 6.07) is 16.7. The molecule has 0 spiro atoms. The summed E-state index contributed by atoms with van der Waals surface area (Å²) < 4.78 is 0. The third-order valence-electron chi connectivity index (χ3n) is 4.32. The maximum absolute atomic E-state index is 4.39. The lowest BCUT2D eigenvalue weighted by atomic mass is 10.1. The van der Waals surface area contributed by atoms with Crippen LogP contribution in [0.25, 0.3) is 0 Å². The largest absolute Gasteiger partial charge is 0.370 e. The molecule has 0 amide bonds. The van der Waals surface area contributed by atoms with Crippen LogP contribution in [0.15, 0.2) is 67.3 Å². The summed E-state index contributed by atoms with van der Waals surface area (Å²) in [5, 5.41) is 3.40. The molecule has 2 heterocycles. The number of rotatable bonds is 9. The molecule has 0 aliphatic heterocycles. The number of aryl methyl sites for hydroxylation is 1. The van der Waals surface area contributed by atoms with Crippen LogP contribution in [-0.2, 0) is 12.8 Å². The number of hydrogen-bond acceptors (Lipinski definition) is 5. The fourth-order valence-electron chi connectivity index (χ4n) is 2.77. The molecule has 0 radical (unpaired) electrons. The standard InChI is InChI=1S/C21H25N5/c1-26(15-11-19-9-13-22-14-10-19)21-16-20(24-17-25-21)23-12-5-8-18-6-3-2-4-7-18/h2-4,6-7,9-10,13-14,16-17H,5,8,11-12,15H2,1H3,(H,23,24,25). The predicted octanol–water partition coefficient (Wildman–Crippen LogP) is 3.60. The van der Waals surface area contributed by atoms with E-state index in [1.807, 2.05) is 30.6 Å². The molecule has 0 aliphatic carbocycles. The normalized spacial score (nSPS) is 10.5. The van der Waals surface area contributed by atoms with Gasteiger partial charge in [0.2, 0.25) is 0 Å². The van der Waals surface area contributed by atoms with E-state index in [2.05, 4.69) is 62.5 Å². The minimum atomic E-state index is 0.874. The number of pyridine rings is 1. The van der Waals surface area contributed by atoms with E-state index in [1.165, 1.54) is 11.1 Å². The number of aromatic nitrogens is 3. The molecule has 26 heavy (non-hydrogen) atoms. The van der Waals surface area contributed by atoms with Crippen molar-refractivity contribution in [2.75, 3.05) is 30.4 Å². The Morgan fingerprint density at radius 1 is 0.923 bits per heavy atom. The monoisotopic (exact) mass is 347 g/mol.